The van der Waals surface area contributed by atoms with Gasteiger partial charge in [0.05, 0.1) is 5.56 Å². The summed E-state index contributed by atoms with van der Waals surface area (Å²) in [7, 11) is 0. The molecule has 3 amide bonds. The van der Waals surface area contributed by atoms with Crippen molar-refractivity contribution in [1.29, 1.82) is 0 Å². The quantitative estimate of drug-likeness (QED) is 0.685. The lowest BCUT2D eigenvalue weighted by molar-refractivity contribution is -0.143. The van der Waals surface area contributed by atoms with Crippen molar-refractivity contribution in [2.45, 2.75) is 25.3 Å². The summed E-state index contributed by atoms with van der Waals surface area (Å²) in [5, 5.41) is 10.1. The largest absolute Gasteiger partial charge is 0.507 e. The van der Waals surface area contributed by atoms with Gasteiger partial charge in [-0.05, 0) is 36.6 Å². The number of rotatable bonds is 4. The number of benzene rings is 2. The summed E-state index contributed by atoms with van der Waals surface area (Å²) in [5.74, 6) is -1.63. The Morgan fingerprint density at radius 2 is 1.82 bits per heavy atom. The zero-order valence-electron chi connectivity index (χ0n) is 15.0. The van der Waals surface area contributed by atoms with Crippen molar-refractivity contribution in [1.82, 2.24) is 15.8 Å². The summed E-state index contributed by atoms with van der Waals surface area (Å²) >= 11 is 5.85. The van der Waals surface area contributed by atoms with E-state index in [4.69, 9.17) is 11.6 Å². The smallest absolute Gasteiger partial charge is 0.273 e. The minimum atomic E-state index is -0.859. The summed E-state index contributed by atoms with van der Waals surface area (Å²) in [5.41, 5.74) is 5.21. The van der Waals surface area contributed by atoms with Crippen molar-refractivity contribution in [3.05, 3.63) is 64.7 Å². The molecule has 2 aromatic rings. The molecule has 1 heterocycles. The third-order valence-electron chi connectivity index (χ3n) is 4.54. The Bertz CT molecular complexity index is 888. The van der Waals surface area contributed by atoms with Crippen LogP contribution in [0.25, 0.3) is 0 Å². The van der Waals surface area contributed by atoms with Gasteiger partial charge in [-0.1, -0.05) is 41.9 Å². The van der Waals surface area contributed by atoms with E-state index in [0.29, 0.717) is 18.5 Å². The molecule has 0 bridgehead atoms. The van der Waals surface area contributed by atoms with Crippen LogP contribution >= 0.6 is 11.6 Å². The van der Waals surface area contributed by atoms with Crippen LogP contribution in [0.15, 0.2) is 48.5 Å². The summed E-state index contributed by atoms with van der Waals surface area (Å²) in [6, 6.07) is 12.1. The van der Waals surface area contributed by atoms with Crippen molar-refractivity contribution < 1.29 is 19.5 Å². The van der Waals surface area contributed by atoms with E-state index in [-0.39, 0.29) is 22.2 Å². The van der Waals surface area contributed by atoms with E-state index in [1.807, 2.05) is 6.07 Å². The summed E-state index contributed by atoms with van der Waals surface area (Å²) in [6.07, 6.45) is 1.99. The van der Waals surface area contributed by atoms with Gasteiger partial charge in [0.1, 0.15) is 11.8 Å². The second kappa shape index (κ2) is 8.75. The van der Waals surface area contributed by atoms with Gasteiger partial charge in [-0.2, -0.15) is 0 Å². The number of amides is 3. The molecule has 3 N–H and O–H groups in total. The molecular weight excluding hydrogens is 382 g/mol. The average Bonchev–Trinajstić information content (AvgIpc) is 2.70. The third kappa shape index (κ3) is 4.43. The van der Waals surface area contributed by atoms with E-state index in [1.165, 1.54) is 23.1 Å². The van der Waals surface area contributed by atoms with Gasteiger partial charge in [-0.25, -0.2) is 0 Å². The number of carbonyl (C=O) groups is 3. The Balaban J connectivity index is 1.77. The molecule has 1 atom stereocenters. The predicted molar refractivity (Wildman–Crippen MR) is 103 cm³/mol. The number of nitrogens with zero attached hydrogens (tertiary/aromatic N) is 1. The molecule has 28 heavy (non-hydrogen) atoms. The minimum absolute atomic E-state index is 0.0712. The summed E-state index contributed by atoms with van der Waals surface area (Å²) in [4.78, 5) is 39.1. The molecule has 3 rings (SSSR count). The highest BCUT2D eigenvalue weighted by molar-refractivity contribution is 6.31. The van der Waals surface area contributed by atoms with Gasteiger partial charge in [0.25, 0.3) is 11.8 Å². The van der Waals surface area contributed by atoms with Crippen molar-refractivity contribution in [3.8, 4) is 5.75 Å². The number of hydrazine groups is 1. The van der Waals surface area contributed by atoms with Gasteiger partial charge in [-0.3, -0.25) is 25.2 Å². The van der Waals surface area contributed by atoms with Crippen LogP contribution in [0.4, 0.5) is 0 Å². The van der Waals surface area contributed by atoms with Crippen molar-refractivity contribution in [3.63, 3.8) is 0 Å². The number of carbonyl (C=O) groups excluding carboxylic acids is 3. The first-order valence-corrected chi connectivity index (χ1v) is 9.28. The van der Waals surface area contributed by atoms with Crippen LogP contribution in [0, 0.1) is 0 Å². The molecule has 1 unspecified atom stereocenters. The highest BCUT2D eigenvalue weighted by Gasteiger charge is 2.33. The van der Waals surface area contributed by atoms with Crippen LogP contribution in [0.3, 0.4) is 0 Å². The van der Waals surface area contributed by atoms with Crippen molar-refractivity contribution in [2.75, 3.05) is 6.54 Å². The lowest BCUT2D eigenvalue weighted by atomic mass is 10.0. The molecule has 1 aliphatic heterocycles. The minimum Gasteiger partial charge on any atom is -0.507 e. The van der Waals surface area contributed by atoms with E-state index in [1.54, 1.807) is 24.3 Å². The topological polar surface area (TPSA) is 98.7 Å². The lowest BCUT2D eigenvalue weighted by Crippen LogP contribution is -2.50. The molecule has 146 valence electrons. The first-order chi connectivity index (χ1) is 13.5. The molecular formula is C20H20ClN3O4. The second-order valence-electron chi connectivity index (χ2n) is 6.46. The normalized spacial score (nSPS) is 15.0. The average molecular weight is 402 g/mol. The third-order valence-corrected chi connectivity index (χ3v) is 4.77. The standard InChI is InChI=1S/C20H20ClN3O4/c21-14-9-10-16(25)15(12-14)19(27)22-23-20(28)18(13-6-2-1-3-7-13)24-11-5-4-8-17(24)26/h1-3,6-7,9-10,12,18,25H,4-5,8,11H2,(H,22,27)(H,23,28). The zero-order chi connectivity index (χ0) is 20.1. The van der Waals surface area contributed by atoms with Crippen molar-refractivity contribution >= 4 is 29.3 Å². The molecule has 8 heteroatoms. The summed E-state index contributed by atoms with van der Waals surface area (Å²) < 4.78 is 0. The Labute approximate surface area is 167 Å². The predicted octanol–water partition coefficient (Wildman–Crippen LogP) is 2.56. The van der Waals surface area contributed by atoms with Gasteiger partial charge >= 0.3 is 0 Å². The number of halogens is 1. The molecule has 0 aliphatic carbocycles. The molecule has 0 spiro atoms. The SMILES string of the molecule is O=C(NNC(=O)C(c1ccccc1)N1CCCCC1=O)c1cc(Cl)ccc1O. The van der Waals surface area contributed by atoms with Crippen LogP contribution in [-0.2, 0) is 9.59 Å². The molecule has 1 saturated heterocycles. The van der Waals surface area contributed by atoms with Crippen LogP contribution in [0.1, 0.15) is 41.2 Å². The molecule has 0 aromatic heterocycles. The van der Waals surface area contributed by atoms with Crippen LogP contribution in [0.2, 0.25) is 5.02 Å². The first kappa shape index (κ1) is 19.7. The fourth-order valence-corrected chi connectivity index (χ4v) is 3.32. The monoisotopic (exact) mass is 401 g/mol. The number of piperidine rings is 1. The Kier molecular flexibility index (Phi) is 6.16. The maximum atomic E-state index is 12.9. The summed E-state index contributed by atoms with van der Waals surface area (Å²) in [6.45, 7) is 0.467. The number of hydrogen-bond acceptors (Lipinski definition) is 4. The molecule has 0 saturated carbocycles. The molecule has 2 aromatic carbocycles. The van der Waals surface area contributed by atoms with E-state index in [0.717, 1.165) is 12.8 Å². The second-order valence-corrected chi connectivity index (χ2v) is 6.90. The first-order valence-electron chi connectivity index (χ1n) is 8.90. The van der Waals surface area contributed by atoms with Gasteiger partial charge in [0.2, 0.25) is 5.91 Å². The van der Waals surface area contributed by atoms with E-state index < -0.39 is 17.9 Å². The van der Waals surface area contributed by atoms with Gasteiger partial charge in [-0.15, -0.1) is 0 Å². The Hall–Kier alpha value is -3.06. The van der Waals surface area contributed by atoms with Crippen LogP contribution in [-0.4, -0.2) is 34.3 Å². The zero-order valence-corrected chi connectivity index (χ0v) is 15.8. The number of aromatic hydroxyl groups is 1. The highest BCUT2D eigenvalue weighted by atomic mass is 35.5. The van der Waals surface area contributed by atoms with E-state index in [2.05, 4.69) is 10.9 Å². The van der Waals surface area contributed by atoms with Crippen LogP contribution in [0.5, 0.6) is 5.75 Å². The molecule has 1 aliphatic rings. The fourth-order valence-electron chi connectivity index (χ4n) is 3.15. The number of hydrogen-bond donors (Lipinski definition) is 3. The van der Waals surface area contributed by atoms with Gasteiger partial charge in [0.15, 0.2) is 0 Å². The van der Waals surface area contributed by atoms with Gasteiger partial charge in [0, 0.05) is 18.0 Å². The Morgan fingerprint density at radius 1 is 1.07 bits per heavy atom. The fraction of sp³-hybridized carbons (Fsp3) is 0.250. The maximum Gasteiger partial charge on any atom is 0.273 e. The van der Waals surface area contributed by atoms with E-state index >= 15 is 0 Å². The number of nitrogens with one attached hydrogen (secondary N) is 2. The molecule has 1 fully saturated rings. The van der Waals surface area contributed by atoms with Gasteiger partial charge < -0.3 is 10.0 Å². The van der Waals surface area contributed by atoms with Crippen LogP contribution < -0.4 is 10.9 Å². The van der Waals surface area contributed by atoms with E-state index in [9.17, 15) is 19.5 Å². The number of phenolic OH excluding ortho intramolecular Hbond substituents is 1. The lowest BCUT2D eigenvalue weighted by Gasteiger charge is -2.34. The molecule has 7 nitrogen and oxygen atoms in total. The maximum absolute atomic E-state index is 12.9. The number of phenols is 1. The molecule has 0 radical (unpaired) electrons. The highest BCUT2D eigenvalue weighted by Crippen LogP contribution is 2.26. The Morgan fingerprint density at radius 3 is 2.54 bits per heavy atom. The number of likely N-dealkylation sites (tertiary alicyclic amines) is 1. The van der Waals surface area contributed by atoms with Crippen molar-refractivity contribution in [2.24, 2.45) is 0 Å².